The van der Waals surface area contributed by atoms with Gasteiger partial charge in [0, 0.05) is 37.4 Å². The molecule has 126 valence electrons. The largest absolute Gasteiger partial charge is 0.418 e. The molecule has 0 saturated carbocycles. The minimum absolute atomic E-state index is 0.0351. The van der Waals surface area contributed by atoms with Gasteiger partial charge in [0.2, 0.25) is 11.8 Å². The molecule has 0 aliphatic carbocycles. The number of carbonyl (C=O) groups is 2. The lowest BCUT2D eigenvalue weighted by Crippen LogP contribution is -2.48. The highest BCUT2D eigenvalue weighted by Gasteiger charge is 2.33. The maximum Gasteiger partial charge on any atom is 0.418 e. The second kappa shape index (κ2) is 6.86. The molecule has 6 nitrogen and oxygen atoms in total. The molecule has 0 atom stereocenters. The molecule has 9 heteroatoms. The second-order valence-electron chi connectivity index (χ2n) is 5.22. The number of hydrogen-bond acceptors (Lipinski definition) is 4. The Morgan fingerprint density at radius 1 is 1.39 bits per heavy atom. The van der Waals surface area contributed by atoms with E-state index in [1.165, 1.54) is 6.07 Å². The number of hydrogen-bond donors (Lipinski definition) is 3. The van der Waals surface area contributed by atoms with Crippen molar-refractivity contribution in [2.24, 2.45) is 0 Å². The molecule has 1 heterocycles. The number of nitrogen functional groups attached to an aromatic ring is 1. The lowest BCUT2D eigenvalue weighted by molar-refractivity contribution is -0.137. The Bertz CT molecular complexity index is 604. The van der Waals surface area contributed by atoms with Crippen molar-refractivity contribution in [3.8, 4) is 0 Å². The number of alkyl halides is 3. The van der Waals surface area contributed by atoms with Crippen molar-refractivity contribution < 1.29 is 22.8 Å². The van der Waals surface area contributed by atoms with Crippen molar-refractivity contribution in [3.05, 3.63) is 23.8 Å². The average Bonchev–Trinajstić information content (AvgIpc) is 2.46. The van der Waals surface area contributed by atoms with E-state index in [0.717, 1.165) is 12.1 Å². The van der Waals surface area contributed by atoms with Gasteiger partial charge >= 0.3 is 6.18 Å². The zero-order valence-corrected chi connectivity index (χ0v) is 12.2. The predicted molar refractivity (Wildman–Crippen MR) is 78.6 cm³/mol. The van der Waals surface area contributed by atoms with Crippen LogP contribution in [0.2, 0.25) is 0 Å². The molecule has 1 aromatic rings. The first-order valence-electron chi connectivity index (χ1n) is 7.01. The fourth-order valence-electron chi connectivity index (χ4n) is 2.25. The van der Waals surface area contributed by atoms with Crippen LogP contribution in [0.3, 0.4) is 0 Å². The SMILES string of the molecule is Nc1ccc(NC(=O)CCN2CCNC(=O)C2)cc1C(F)(F)F. The van der Waals surface area contributed by atoms with Crippen molar-refractivity contribution in [2.75, 3.05) is 37.2 Å². The van der Waals surface area contributed by atoms with Gasteiger partial charge in [-0.2, -0.15) is 13.2 Å². The van der Waals surface area contributed by atoms with Crippen molar-refractivity contribution in [1.82, 2.24) is 10.2 Å². The second-order valence-corrected chi connectivity index (χ2v) is 5.22. The van der Waals surface area contributed by atoms with Gasteiger partial charge in [-0.15, -0.1) is 0 Å². The molecule has 1 aliphatic heterocycles. The third-order valence-electron chi connectivity index (χ3n) is 3.41. The minimum Gasteiger partial charge on any atom is -0.398 e. The number of piperazine rings is 1. The van der Waals surface area contributed by atoms with Crippen LogP contribution < -0.4 is 16.4 Å². The number of carbonyl (C=O) groups excluding carboxylic acids is 2. The van der Waals surface area contributed by atoms with Crippen molar-refractivity contribution >= 4 is 23.2 Å². The number of amides is 2. The third kappa shape index (κ3) is 4.85. The summed E-state index contributed by atoms with van der Waals surface area (Å²) in [6, 6.07) is 3.23. The van der Waals surface area contributed by atoms with Gasteiger partial charge in [0.05, 0.1) is 12.1 Å². The molecule has 0 radical (unpaired) electrons. The molecule has 23 heavy (non-hydrogen) atoms. The highest BCUT2D eigenvalue weighted by molar-refractivity contribution is 5.91. The zero-order chi connectivity index (χ0) is 17.0. The van der Waals surface area contributed by atoms with Gasteiger partial charge < -0.3 is 16.4 Å². The molecular formula is C14H17F3N4O2. The number of benzene rings is 1. The number of nitrogens with zero attached hydrogens (tertiary/aromatic N) is 1. The molecular weight excluding hydrogens is 313 g/mol. The summed E-state index contributed by atoms with van der Waals surface area (Å²) in [5.74, 6) is -0.529. The van der Waals surface area contributed by atoms with E-state index >= 15 is 0 Å². The van der Waals surface area contributed by atoms with Crippen molar-refractivity contribution in [2.45, 2.75) is 12.6 Å². The summed E-state index contributed by atoms with van der Waals surface area (Å²) in [7, 11) is 0. The van der Waals surface area contributed by atoms with Crippen LogP contribution in [-0.4, -0.2) is 42.9 Å². The Labute approximate surface area is 130 Å². The molecule has 1 fully saturated rings. The first-order valence-corrected chi connectivity index (χ1v) is 7.01. The lowest BCUT2D eigenvalue weighted by Gasteiger charge is -2.26. The van der Waals surface area contributed by atoms with E-state index in [-0.39, 0.29) is 24.6 Å². The molecule has 1 saturated heterocycles. The molecule has 2 amide bonds. The Morgan fingerprint density at radius 2 is 2.13 bits per heavy atom. The Balaban J connectivity index is 1.91. The molecule has 2 rings (SSSR count). The van der Waals surface area contributed by atoms with E-state index in [4.69, 9.17) is 5.73 Å². The summed E-state index contributed by atoms with van der Waals surface area (Å²) < 4.78 is 38.3. The predicted octanol–water partition coefficient (Wildman–Crippen LogP) is 1.05. The van der Waals surface area contributed by atoms with Gasteiger partial charge in [-0.3, -0.25) is 14.5 Å². The van der Waals surface area contributed by atoms with Crippen LogP contribution in [0.1, 0.15) is 12.0 Å². The van der Waals surface area contributed by atoms with E-state index < -0.39 is 23.3 Å². The Hall–Kier alpha value is -2.29. The van der Waals surface area contributed by atoms with Gasteiger partial charge in [0.1, 0.15) is 0 Å². The monoisotopic (exact) mass is 330 g/mol. The van der Waals surface area contributed by atoms with Gasteiger partial charge in [0.15, 0.2) is 0 Å². The molecule has 1 aliphatic rings. The maximum absolute atomic E-state index is 12.8. The summed E-state index contributed by atoms with van der Waals surface area (Å²) in [6.07, 6.45) is -4.50. The Morgan fingerprint density at radius 3 is 2.78 bits per heavy atom. The molecule has 0 aromatic heterocycles. The van der Waals surface area contributed by atoms with Crippen molar-refractivity contribution in [1.29, 1.82) is 0 Å². The van der Waals surface area contributed by atoms with Crippen LogP contribution in [-0.2, 0) is 15.8 Å². The average molecular weight is 330 g/mol. The van der Waals surface area contributed by atoms with Crippen LogP contribution in [0.5, 0.6) is 0 Å². The summed E-state index contributed by atoms with van der Waals surface area (Å²) in [6.45, 7) is 1.74. The molecule has 0 unspecified atom stereocenters. The number of rotatable bonds is 4. The van der Waals surface area contributed by atoms with E-state index in [0.29, 0.717) is 19.6 Å². The van der Waals surface area contributed by atoms with E-state index in [2.05, 4.69) is 10.6 Å². The van der Waals surface area contributed by atoms with Gasteiger partial charge in [-0.25, -0.2) is 0 Å². The smallest absolute Gasteiger partial charge is 0.398 e. The van der Waals surface area contributed by atoms with Crippen LogP contribution in [0.25, 0.3) is 0 Å². The molecule has 4 N–H and O–H groups in total. The topological polar surface area (TPSA) is 87.5 Å². The molecule has 1 aromatic carbocycles. The maximum atomic E-state index is 12.8. The molecule has 0 bridgehead atoms. The highest BCUT2D eigenvalue weighted by atomic mass is 19.4. The normalized spacial score (nSPS) is 16.0. The summed E-state index contributed by atoms with van der Waals surface area (Å²) in [5, 5.41) is 5.08. The quantitative estimate of drug-likeness (QED) is 0.720. The van der Waals surface area contributed by atoms with Gasteiger partial charge in [-0.1, -0.05) is 0 Å². The number of halogens is 3. The fourth-order valence-corrected chi connectivity index (χ4v) is 2.25. The van der Waals surface area contributed by atoms with Crippen LogP contribution in [0.4, 0.5) is 24.5 Å². The molecule has 0 spiro atoms. The lowest BCUT2D eigenvalue weighted by atomic mass is 10.1. The first-order chi connectivity index (χ1) is 10.8. The standard InChI is InChI=1S/C14H17F3N4O2/c15-14(16,17)10-7-9(1-2-11(10)18)20-12(22)3-5-21-6-4-19-13(23)8-21/h1-2,7H,3-6,8,18H2,(H,19,23)(H,20,22). The number of nitrogens with one attached hydrogen (secondary N) is 2. The minimum atomic E-state index is -4.58. The summed E-state index contributed by atoms with van der Waals surface area (Å²) in [4.78, 5) is 24.8. The zero-order valence-electron chi connectivity index (χ0n) is 12.2. The van der Waals surface area contributed by atoms with E-state index in [1.54, 1.807) is 0 Å². The Kier molecular flexibility index (Phi) is 5.09. The third-order valence-corrected chi connectivity index (χ3v) is 3.41. The van der Waals surface area contributed by atoms with E-state index in [9.17, 15) is 22.8 Å². The van der Waals surface area contributed by atoms with Crippen LogP contribution in [0, 0.1) is 0 Å². The van der Waals surface area contributed by atoms with E-state index in [1.807, 2.05) is 4.90 Å². The number of anilines is 2. The van der Waals surface area contributed by atoms with Crippen LogP contribution in [0.15, 0.2) is 18.2 Å². The fraction of sp³-hybridized carbons (Fsp3) is 0.429. The summed E-state index contributed by atoms with van der Waals surface area (Å²) in [5.41, 5.74) is 3.96. The summed E-state index contributed by atoms with van der Waals surface area (Å²) >= 11 is 0. The van der Waals surface area contributed by atoms with Crippen LogP contribution >= 0.6 is 0 Å². The number of nitrogens with two attached hydrogens (primary N) is 1. The first kappa shape index (κ1) is 17.1. The van der Waals surface area contributed by atoms with Gasteiger partial charge in [0.25, 0.3) is 0 Å². The highest BCUT2D eigenvalue weighted by Crippen LogP contribution is 2.35. The van der Waals surface area contributed by atoms with Crippen molar-refractivity contribution in [3.63, 3.8) is 0 Å². The van der Waals surface area contributed by atoms with Gasteiger partial charge in [-0.05, 0) is 18.2 Å².